The lowest BCUT2D eigenvalue weighted by Crippen LogP contribution is -2.50. The zero-order valence-electron chi connectivity index (χ0n) is 9.31. The Labute approximate surface area is 115 Å². The number of benzene rings is 1. The van der Waals surface area contributed by atoms with Crippen LogP contribution in [0.15, 0.2) is 12.1 Å². The highest BCUT2D eigenvalue weighted by Crippen LogP contribution is 2.54. The molecule has 0 fully saturated rings. The maximum atomic E-state index is 13.6. The molecule has 0 atom stereocenters. The van der Waals surface area contributed by atoms with Crippen molar-refractivity contribution in [2.75, 3.05) is 0 Å². The quantitative estimate of drug-likeness (QED) is 0.593. The van der Waals surface area contributed by atoms with E-state index in [9.17, 15) is 43.9 Å². The Kier molecular flexibility index (Phi) is 4.19. The summed E-state index contributed by atoms with van der Waals surface area (Å²) in [6.07, 6.45) is -18.4. The molecule has 0 unspecified atom stereocenters. The summed E-state index contributed by atoms with van der Waals surface area (Å²) in [5.74, 6) is 0. The Bertz CT molecular complexity index is 510. The number of rotatable bonds is 1. The summed E-state index contributed by atoms with van der Waals surface area (Å²) in [5, 5.41) is -1.24. The van der Waals surface area contributed by atoms with Crippen molar-refractivity contribution >= 4 is 11.6 Å². The molecule has 0 aliphatic rings. The van der Waals surface area contributed by atoms with Gasteiger partial charge in [-0.25, -0.2) is 4.39 Å². The molecule has 0 amide bonds. The second-order valence-corrected chi connectivity index (χ2v) is 4.19. The highest BCUT2D eigenvalue weighted by Gasteiger charge is 2.73. The van der Waals surface area contributed by atoms with Crippen LogP contribution >= 0.6 is 11.6 Å². The molecule has 11 heteroatoms. The van der Waals surface area contributed by atoms with Gasteiger partial charge in [0.25, 0.3) is 0 Å². The van der Waals surface area contributed by atoms with Crippen molar-refractivity contribution in [2.45, 2.75) is 24.2 Å². The maximum Gasteiger partial charge on any atom is 0.435 e. The lowest BCUT2D eigenvalue weighted by molar-refractivity contribution is -0.348. The van der Waals surface area contributed by atoms with Crippen molar-refractivity contribution in [3.05, 3.63) is 34.3 Å². The second kappa shape index (κ2) is 4.92. The van der Waals surface area contributed by atoms with Gasteiger partial charge in [-0.1, -0.05) is 11.6 Å². The Morgan fingerprint density at radius 2 is 1.19 bits per heavy atom. The van der Waals surface area contributed by atoms with E-state index in [2.05, 4.69) is 0 Å². The maximum absolute atomic E-state index is 13.6. The van der Waals surface area contributed by atoms with Gasteiger partial charge < -0.3 is 0 Å². The first-order valence-electron chi connectivity index (χ1n) is 4.73. The molecular formula is C10H2ClF10. The van der Waals surface area contributed by atoms with Crippen molar-refractivity contribution in [1.82, 2.24) is 0 Å². The van der Waals surface area contributed by atoms with Crippen LogP contribution in [0.5, 0.6) is 0 Å². The van der Waals surface area contributed by atoms with Crippen molar-refractivity contribution in [3.63, 3.8) is 0 Å². The molecule has 1 radical (unpaired) electrons. The molecule has 0 N–H and O–H groups in total. The van der Waals surface area contributed by atoms with Crippen LogP contribution in [-0.2, 0) is 11.8 Å². The largest absolute Gasteiger partial charge is 0.435 e. The van der Waals surface area contributed by atoms with Gasteiger partial charge in [0.2, 0.25) is 0 Å². The van der Waals surface area contributed by atoms with Gasteiger partial charge in [0.1, 0.15) is 0 Å². The van der Waals surface area contributed by atoms with E-state index in [-0.39, 0.29) is 6.07 Å². The first kappa shape index (κ1) is 17.9. The third-order valence-electron chi connectivity index (χ3n) is 2.32. The molecule has 0 bridgehead atoms. The summed E-state index contributed by atoms with van der Waals surface area (Å²) in [6, 6.07) is 0.459. The number of hydrogen-bond donors (Lipinski definition) is 0. The topological polar surface area (TPSA) is 0 Å². The molecule has 1 aromatic rings. The summed E-state index contributed by atoms with van der Waals surface area (Å²) in [4.78, 5) is 0. The normalized spacial score (nSPS) is 14.4. The fourth-order valence-corrected chi connectivity index (χ4v) is 1.59. The first-order valence-corrected chi connectivity index (χ1v) is 5.11. The van der Waals surface area contributed by atoms with Crippen molar-refractivity contribution in [2.24, 2.45) is 0 Å². The molecule has 0 spiro atoms. The molecule has 0 aliphatic carbocycles. The van der Waals surface area contributed by atoms with E-state index in [4.69, 9.17) is 11.6 Å². The molecule has 21 heavy (non-hydrogen) atoms. The Balaban J connectivity index is 3.66. The standard InChI is InChI=1S/C10H2ClF10/c11-6-2-4(1-5(3-6)8(13,14)15)7(12,9(16,17)18)10(19,20)21/h1-2H. The van der Waals surface area contributed by atoms with Gasteiger partial charge in [-0.3, -0.25) is 0 Å². The van der Waals surface area contributed by atoms with Gasteiger partial charge in [-0.05, 0) is 12.1 Å². The van der Waals surface area contributed by atoms with Crippen LogP contribution in [-0.4, -0.2) is 12.4 Å². The molecule has 0 saturated heterocycles. The van der Waals surface area contributed by atoms with Crippen LogP contribution < -0.4 is 0 Å². The molecule has 0 aromatic heterocycles. The van der Waals surface area contributed by atoms with E-state index < -0.39 is 46.4 Å². The number of halogens is 11. The second-order valence-electron chi connectivity index (χ2n) is 3.78. The summed E-state index contributed by atoms with van der Waals surface area (Å²) in [5.41, 5.74) is -10.4. The predicted molar refractivity (Wildman–Crippen MR) is 50.2 cm³/mol. The van der Waals surface area contributed by atoms with E-state index in [1.54, 1.807) is 0 Å². The fourth-order valence-electron chi connectivity index (χ4n) is 1.37. The molecule has 1 aromatic carbocycles. The van der Waals surface area contributed by atoms with Crippen LogP contribution in [0.25, 0.3) is 0 Å². The Morgan fingerprint density at radius 1 is 0.762 bits per heavy atom. The SMILES string of the molecule is FC(F)(F)c1[c]c(Cl)cc(C(F)(C(F)(F)F)C(F)(F)F)c1. The van der Waals surface area contributed by atoms with Crippen LogP contribution in [0, 0.1) is 6.07 Å². The molecular weight excluding hydrogens is 346 g/mol. The van der Waals surface area contributed by atoms with Gasteiger partial charge >= 0.3 is 24.2 Å². The zero-order valence-corrected chi connectivity index (χ0v) is 10.1. The lowest BCUT2D eigenvalue weighted by Gasteiger charge is -2.30. The summed E-state index contributed by atoms with van der Waals surface area (Å²) < 4.78 is 125. The van der Waals surface area contributed by atoms with E-state index in [1.165, 1.54) is 6.07 Å². The van der Waals surface area contributed by atoms with Crippen LogP contribution in [0.4, 0.5) is 43.9 Å². The Morgan fingerprint density at radius 3 is 1.52 bits per heavy atom. The Hall–Kier alpha value is -1.19. The fraction of sp³-hybridized carbons (Fsp3) is 0.400. The zero-order chi connectivity index (χ0) is 16.9. The van der Waals surface area contributed by atoms with E-state index in [1.807, 2.05) is 0 Å². The van der Waals surface area contributed by atoms with E-state index in [0.29, 0.717) is 0 Å². The minimum absolute atomic E-state index is 0.211. The van der Waals surface area contributed by atoms with Gasteiger partial charge in [-0.15, -0.1) is 0 Å². The van der Waals surface area contributed by atoms with Crippen LogP contribution in [0.3, 0.4) is 0 Å². The summed E-state index contributed by atoms with van der Waals surface area (Å²) >= 11 is 5.01. The van der Waals surface area contributed by atoms with Crippen LogP contribution in [0.2, 0.25) is 5.02 Å². The summed E-state index contributed by atoms with van der Waals surface area (Å²) in [6.45, 7) is 0. The molecule has 0 nitrogen and oxygen atoms in total. The van der Waals surface area contributed by atoms with E-state index >= 15 is 0 Å². The molecule has 119 valence electrons. The van der Waals surface area contributed by atoms with Gasteiger partial charge in [0.15, 0.2) is 0 Å². The molecule has 0 aliphatic heterocycles. The summed E-state index contributed by atoms with van der Waals surface area (Å²) in [7, 11) is 0. The highest BCUT2D eigenvalue weighted by atomic mass is 35.5. The minimum Gasteiger partial charge on any atom is -0.218 e. The van der Waals surface area contributed by atoms with Crippen molar-refractivity contribution in [1.29, 1.82) is 0 Å². The van der Waals surface area contributed by atoms with Gasteiger partial charge in [0.05, 0.1) is 5.56 Å². The highest BCUT2D eigenvalue weighted by molar-refractivity contribution is 6.30. The average Bonchev–Trinajstić information content (AvgIpc) is 2.22. The number of hydrogen-bond acceptors (Lipinski definition) is 0. The molecule has 0 heterocycles. The predicted octanol–water partition coefficient (Wildman–Crippen LogP) is 5.45. The van der Waals surface area contributed by atoms with Crippen molar-refractivity contribution < 1.29 is 43.9 Å². The van der Waals surface area contributed by atoms with Crippen LogP contribution in [0.1, 0.15) is 11.1 Å². The van der Waals surface area contributed by atoms with Gasteiger partial charge in [0, 0.05) is 16.7 Å². The third-order valence-corrected chi connectivity index (χ3v) is 2.52. The van der Waals surface area contributed by atoms with Crippen molar-refractivity contribution in [3.8, 4) is 0 Å². The first-order chi connectivity index (χ1) is 9.10. The third kappa shape index (κ3) is 3.19. The smallest absolute Gasteiger partial charge is 0.218 e. The average molecular weight is 348 g/mol. The van der Waals surface area contributed by atoms with E-state index in [0.717, 1.165) is 0 Å². The monoisotopic (exact) mass is 347 g/mol. The molecule has 0 saturated carbocycles. The lowest BCUT2D eigenvalue weighted by atomic mass is 9.92. The van der Waals surface area contributed by atoms with Gasteiger partial charge in [-0.2, -0.15) is 39.5 Å². The minimum atomic E-state index is -6.53. The number of alkyl halides is 10. The molecule has 1 rings (SSSR count).